The normalized spacial score (nSPS) is 12.4. The molecule has 182 valence electrons. The molecule has 1 heterocycles. The Morgan fingerprint density at radius 3 is 2.52 bits per heavy atom. The van der Waals surface area contributed by atoms with Gasteiger partial charge in [0.2, 0.25) is 15.9 Å². The highest BCUT2D eigenvalue weighted by atomic mass is 32.2. The fourth-order valence-electron chi connectivity index (χ4n) is 3.16. The molecule has 1 atom stereocenters. The number of nitrogens with zero attached hydrogens (tertiary/aromatic N) is 1. The van der Waals surface area contributed by atoms with Crippen LogP contribution in [0, 0.1) is 0 Å². The molecule has 0 aliphatic rings. The fourth-order valence-corrected chi connectivity index (χ4v) is 3.82. The minimum atomic E-state index is -3.98. The third kappa shape index (κ3) is 7.46. The van der Waals surface area contributed by atoms with Crippen molar-refractivity contribution in [1.82, 2.24) is 14.8 Å². The smallest absolute Gasteiger partial charge is 0.328 e. The van der Waals surface area contributed by atoms with Gasteiger partial charge in [-0.05, 0) is 49.9 Å². The molecular weight excluding hydrogens is 454 g/mol. The topological polar surface area (TPSA) is 166 Å². The Balaban J connectivity index is 2.24. The molecule has 0 fully saturated rings. The lowest BCUT2D eigenvalue weighted by molar-refractivity contribution is -0.152. The van der Waals surface area contributed by atoms with Crippen molar-refractivity contribution < 1.29 is 37.8 Å². The molecule has 4 N–H and O–H groups in total. The number of aromatic amines is 1. The number of carboxylic acid groups (broad SMARTS) is 2. The van der Waals surface area contributed by atoms with Crippen LogP contribution in [0.2, 0.25) is 0 Å². The summed E-state index contributed by atoms with van der Waals surface area (Å²) in [5, 5.41) is 19.8. The zero-order valence-corrected chi connectivity index (χ0v) is 19.4. The van der Waals surface area contributed by atoms with Gasteiger partial charge in [0.15, 0.2) is 0 Å². The number of benzene rings is 1. The van der Waals surface area contributed by atoms with E-state index < -0.39 is 46.8 Å². The van der Waals surface area contributed by atoms with Crippen LogP contribution < -0.4 is 9.57 Å². The van der Waals surface area contributed by atoms with Crippen molar-refractivity contribution in [3.05, 3.63) is 30.0 Å². The number of fused-ring (bicyclic) bond motifs is 1. The number of aromatic nitrogens is 1. The first-order valence-electron chi connectivity index (χ1n) is 10.6. The monoisotopic (exact) mass is 483 g/mol. The molecule has 1 unspecified atom stereocenters. The standard InChI is InChI=1S/C21H29N3O8S/c1-3-11-32-15-6-7-17-16(12-15)14(13-22-17)5-9-19(25)24(23-33(30,31)4-2)18(21(28)29)8-10-20(26)27/h6-7,12-13,18,22-23H,3-5,8-11H2,1-2H3,(H,26,27)(H,28,29). The number of hydrogen-bond donors (Lipinski definition) is 4. The molecule has 1 aromatic heterocycles. The molecule has 33 heavy (non-hydrogen) atoms. The molecule has 12 heteroatoms. The number of hydrogen-bond acceptors (Lipinski definition) is 6. The molecule has 0 bridgehead atoms. The number of carbonyl (C=O) groups excluding carboxylic acids is 1. The van der Waals surface area contributed by atoms with Crippen LogP contribution in [-0.2, 0) is 30.8 Å². The van der Waals surface area contributed by atoms with E-state index in [0.29, 0.717) is 17.4 Å². The van der Waals surface area contributed by atoms with Gasteiger partial charge in [0.05, 0.1) is 12.4 Å². The Morgan fingerprint density at radius 1 is 1.18 bits per heavy atom. The lowest BCUT2D eigenvalue weighted by atomic mass is 10.1. The molecule has 0 radical (unpaired) electrons. The van der Waals surface area contributed by atoms with Crippen LogP contribution in [0.15, 0.2) is 24.4 Å². The van der Waals surface area contributed by atoms with Gasteiger partial charge in [0.25, 0.3) is 0 Å². The summed E-state index contributed by atoms with van der Waals surface area (Å²) in [5.74, 6) is -3.25. The lowest BCUT2D eigenvalue weighted by Gasteiger charge is -2.28. The number of rotatable bonds is 14. The third-order valence-corrected chi connectivity index (χ3v) is 6.17. The van der Waals surface area contributed by atoms with E-state index in [2.05, 4.69) is 4.98 Å². The lowest BCUT2D eigenvalue weighted by Crippen LogP contribution is -2.55. The molecule has 1 aromatic carbocycles. The summed E-state index contributed by atoms with van der Waals surface area (Å²) in [6.07, 6.45) is 1.58. The number of carbonyl (C=O) groups is 3. The largest absolute Gasteiger partial charge is 0.494 e. The highest BCUT2D eigenvalue weighted by molar-refractivity contribution is 7.89. The summed E-state index contributed by atoms with van der Waals surface area (Å²) >= 11 is 0. The molecule has 0 saturated carbocycles. The summed E-state index contributed by atoms with van der Waals surface area (Å²) in [4.78, 5) is 40.6. The summed E-state index contributed by atoms with van der Waals surface area (Å²) in [6.45, 7) is 3.89. The second kappa shape index (κ2) is 11.7. The average Bonchev–Trinajstić information content (AvgIpc) is 3.17. The molecule has 0 aliphatic heterocycles. The van der Waals surface area contributed by atoms with Crippen molar-refractivity contribution in [2.45, 2.75) is 52.0 Å². The second-order valence-electron chi connectivity index (χ2n) is 7.41. The van der Waals surface area contributed by atoms with Crippen LogP contribution in [0.3, 0.4) is 0 Å². The van der Waals surface area contributed by atoms with Crippen molar-refractivity contribution in [3.63, 3.8) is 0 Å². The van der Waals surface area contributed by atoms with Gasteiger partial charge in [-0.15, -0.1) is 4.83 Å². The highest BCUT2D eigenvalue weighted by Crippen LogP contribution is 2.25. The van der Waals surface area contributed by atoms with Crippen molar-refractivity contribution in [1.29, 1.82) is 0 Å². The van der Waals surface area contributed by atoms with E-state index in [0.717, 1.165) is 22.9 Å². The van der Waals surface area contributed by atoms with Crippen molar-refractivity contribution in [2.24, 2.45) is 0 Å². The molecular formula is C21H29N3O8S. The Kier molecular flexibility index (Phi) is 9.23. The molecule has 0 aliphatic carbocycles. The molecule has 2 rings (SSSR count). The van der Waals surface area contributed by atoms with E-state index in [1.54, 1.807) is 6.20 Å². The summed E-state index contributed by atoms with van der Waals surface area (Å²) < 4.78 is 29.8. The second-order valence-corrected chi connectivity index (χ2v) is 9.40. The Hall–Kier alpha value is -3.12. The fraction of sp³-hybridized carbons (Fsp3) is 0.476. The van der Waals surface area contributed by atoms with E-state index in [1.165, 1.54) is 6.92 Å². The van der Waals surface area contributed by atoms with Crippen LogP contribution >= 0.6 is 0 Å². The first-order valence-corrected chi connectivity index (χ1v) is 12.2. The number of nitrogens with one attached hydrogen (secondary N) is 2. The number of hydrazine groups is 1. The number of sulfonamides is 1. The van der Waals surface area contributed by atoms with Gasteiger partial charge in [-0.1, -0.05) is 6.92 Å². The van der Waals surface area contributed by atoms with Crippen LogP contribution in [0.1, 0.15) is 45.1 Å². The Morgan fingerprint density at radius 2 is 1.91 bits per heavy atom. The number of carboxylic acids is 2. The van der Waals surface area contributed by atoms with E-state index in [-0.39, 0.29) is 18.6 Å². The van der Waals surface area contributed by atoms with Crippen molar-refractivity contribution in [2.75, 3.05) is 12.4 Å². The van der Waals surface area contributed by atoms with Gasteiger partial charge in [-0.2, -0.15) is 0 Å². The first-order chi connectivity index (χ1) is 15.6. The predicted molar refractivity (Wildman–Crippen MR) is 120 cm³/mol. The zero-order chi connectivity index (χ0) is 24.6. The number of H-pyrrole nitrogens is 1. The Bertz CT molecular complexity index is 1100. The predicted octanol–water partition coefficient (Wildman–Crippen LogP) is 1.89. The van der Waals surface area contributed by atoms with Gasteiger partial charge >= 0.3 is 11.9 Å². The number of aliphatic carboxylic acids is 2. The van der Waals surface area contributed by atoms with E-state index in [9.17, 15) is 27.9 Å². The van der Waals surface area contributed by atoms with Gasteiger partial charge in [-0.3, -0.25) is 9.59 Å². The minimum absolute atomic E-state index is 0.198. The van der Waals surface area contributed by atoms with Crippen LogP contribution in [0.25, 0.3) is 10.9 Å². The van der Waals surface area contributed by atoms with Crippen molar-refractivity contribution >= 4 is 38.8 Å². The number of ether oxygens (including phenoxy) is 1. The summed E-state index contributed by atoms with van der Waals surface area (Å²) in [6, 6.07) is 3.85. The molecule has 11 nitrogen and oxygen atoms in total. The third-order valence-electron chi connectivity index (χ3n) is 4.93. The average molecular weight is 484 g/mol. The Labute approximate surface area is 191 Å². The maximum absolute atomic E-state index is 12.9. The van der Waals surface area contributed by atoms with Gasteiger partial charge < -0.3 is 19.9 Å². The quantitative estimate of drug-likeness (QED) is 0.296. The number of amides is 1. The van der Waals surface area contributed by atoms with Crippen molar-refractivity contribution in [3.8, 4) is 5.75 Å². The highest BCUT2D eigenvalue weighted by Gasteiger charge is 2.33. The molecule has 0 spiro atoms. The van der Waals surface area contributed by atoms with E-state index >= 15 is 0 Å². The van der Waals surface area contributed by atoms with Gasteiger partial charge in [0, 0.05) is 29.9 Å². The zero-order valence-electron chi connectivity index (χ0n) is 18.5. The van der Waals surface area contributed by atoms with Gasteiger partial charge in [0.1, 0.15) is 11.8 Å². The molecule has 2 aromatic rings. The van der Waals surface area contributed by atoms with Crippen LogP contribution in [-0.4, -0.2) is 64.9 Å². The maximum Gasteiger partial charge on any atom is 0.328 e. The first kappa shape index (κ1) is 26.1. The van der Waals surface area contributed by atoms with E-state index in [1.807, 2.05) is 30.0 Å². The van der Waals surface area contributed by atoms with Crippen LogP contribution in [0.4, 0.5) is 0 Å². The molecule has 1 amide bonds. The SMILES string of the molecule is CCCOc1ccc2[nH]cc(CCC(=O)N(NS(=O)(=O)CC)C(CCC(=O)O)C(=O)O)c2c1. The van der Waals surface area contributed by atoms with Gasteiger partial charge in [-0.25, -0.2) is 18.2 Å². The maximum atomic E-state index is 12.9. The summed E-state index contributed by atoms with van der Waals surface area (Å²) in [5.41, 5.74) is 1.60. The minimum Gasteiger partial charge on any atom is -0.494 e. The van der Waals surface area contributed by atoms with E-state index in [4.69, 9.17) is 9.84 Å². The molecule has 0 saturated heterocycles. The number of aryl methyl sites for hydroxylation is 1. The van der Waals surface area contributed by atoms with Crippen LogP contribution in [0.5, 0.6) is 5.75 Å². The summed E-state index contributed by atoms with van der Waals surface area (Å²) in [7, 11) is -3.98.